The van der Waals surface area contributed by atoms with Crippen LogP contribution < -0.4 is 4.74 Å². The predicted octanol–water partition coefficient (Wildman–Crippen LogP) is 1.85. The van der Waals surface area contributed by atoms with Crippen molar-refractivity contribution >= 4 is 18.0 Å². The molecule has 0 bridgehead atoms. The van der Waals surface area contributed by atoms with Gasteiger partial charge in [0.2, 0.25) is 0 Å². The lowest BCUT2D eigenvalue weighted by molar-refractivity contribution is -0.389. The Morgan fingerprint density at radius 2 is 2.11 bits per heavy atom. The van der Waals surface area contributed by atoms with E-state index in [9.17, 15) is 14.9 Å². The van der Waals surface area contributed by atoms with Crippen molar-refractivity contribution in [1.29, 1.82) is 0 Å². The highest BCUT2D eigenvalue weighted by atomic mass is 16.6. The largest absolute Gasteiger partial charge is 0.459 e. The van der Waals surface area contributed by atoms with Crippen molar-refractivity contribution in [3.8, 4) is 6.01 Å². The number of carbonyl (C=O) groups is 1. The van der Waals surface area contributed by atoms with Gasteiger partial charge in [-0.3, -0.25) is 19.3 Å². The summed E-state index contributed by atoms with van der Waals surface area (Å²) in [5, 5.41) is 11.1. The van der Waals surface area contributed by atoms with E-state index in [0.717, 1.165) is 25.9 Å². The number of nitrogens with zero attached hydrogens (tertiary/aromatic N) is 5. The van der Waals surface area contributed by atoms with Crippen molar-refractivity contribution in [3.05, 3.63) is 16.3 Å². The predicted molar refractivity (Wildman–Crippen MR) is 102 cm³/mol. The first-order chi connectivity index (χ1) is 13.2. The fraction of sp³-hybridized carbons (Fsp3) is 0.722. The van der Waals surface area contributed by atoms with Crippen molar-refractivity contribution in [2.45, 2.75) is 45.3 Å². The van der Waals surface area contributed by atoms with Gasteiger partial charge in [0, 0.05) is 11.2 Å². The second kappa shape index (κ2) is 8.26. The van der Waals surface area contributed by atoms with E-state index in [1.807, 2.05) is 20.8 Å². The monoisotopic (exact) mass is 393 g/mol. The van der Waals surface area contributed by atoms with Gasteiger partial charge in [0.25, 0.3) is 0 Å². The van der Waals surface area contributed by atoms with Crippen LogP contribution in [0.25, 0.3) is 0 Å². The first-order valence-corrected chi connectivity index (χ1v) is 9.51. The molecule has 3 heterocycles. The second-order valence-electron chi connectivity index (χ2n) is 8.17. The number of fused-ring (bicyclic) bond motifs is 1. The maximum atomic E-state index is 12.0. The molecule has 28 heavy (non-hydrogen) atoms. The topological polar surface area (TPSA) is 112 Å². The van der Waals surface area contributed by atoms with E-state index in [0.29, 0.717) is 6.54 Å². The van der Waals surface area contributed by atoms with E-state index in [1.165, 1.54) is 6.20 Å². The number of esters is 1. The Morgan fingerprint density at radius 3 is 2.75 bits per heavy atom. The summed E-state index contributed by atoms with van der Waals surface area (Å²) in [5.74, 6) is -0.173. The fourth-order valence-electron chi connectivity index (χ4n) is 3.66. The van der Waals surface area contributed by atoms with Crippen LogP contribution in [0.5, 0.6) is 6.01 Å². The van der Waals surface area contributed by atoms with Crippen molar-refractivity contribution in [3.63, 3.8) is 0 Å². The Balaban J connectivity index is 1.65. The summed E-state index contributed by atoms with van der Waals surface area (Å²) in [7, 11) is 0. The summed E-state index contributed by atoms with van der Waals surface area (Å²) in [6.45, 7) is 8.14. The van der Waals surface area contributed by atoms with Gasteiger partial charge in [0.1, 0.15) is 18.4 Å². The minimum Gasteiger partial charge on any atom is -0.459 e. The van der Waals surface area contributed by atoms with Crippen molar-refractivity contribution < 1.29 is 19.2 Å². The molecule has 1 unspecified atom stereocenters. The molecular weight excluding hydrogens is 366 g/mol. The lowest BCUT2D eigenvalue weighted by atomic mass is 9.89. The SMILES string of the molecule is CC(C)(C)OC(=O)CN1CCC(C2CN=CCOc3nc([N+](=O)[O-])cn32)CC1. The van der Waals surface area contributed by atoms with Gasteiger partial charge in [-0.15, -0.1) is 0 Å². The summed E-state index contributed by atoms with van der Waals surface area (Å²) < 4.78 is 12.7. The summed E-state index contributed by atoms with van der Waals surface area (Å²) >= 11 is 0. The Kier molecular flexibility index (Phi) is 5.97. The molecule has 1 atom stereocenters. The average molecular weight is 393 g/mol. The number of carbonyl (C=O) groups excluding carboxylic acids is 1. The van der Waals surface area contributed by atoms with E-state index in [4.69, 9.17) is 9.47 Å². The van der Waals surface area contributed by atoms with Crippen molar-refractivity contribution in [1.82, 2.24) is 14.5 Å². The number of likely N-dealkylation sites (tertiary alicyclic amines) is 1. The second-order valence-corrected chi connectivity index (χ2v) is 8.17. The summed E-state index contributed by atoms with van der Waals surface area (Å²) in [6.07, 6.45) is 4.82. The maximum absolute atomic E-state index is 12.0. The van der Waals surface area contributed by atoms with Gasteiger partial charge in [-0.1, -0.05) is 0 Å². The lowest BCUT2D eigenvalue weighted by Crippen LogP contribution is -2.41. The molecule has 1 saturated heterocycles. The number of rotatable bonds is 4. The first kappa shape index (κ1) is 20.2. The van der Waals surface area contributed by atoms with Crippen LogP contribution >= 0.6 is 0 Å². The molecule has 0 radical (unpaired) electrons. The highest BCUT2D eigenvalue weighted by Gasteiger charge is 2.34. The Bertz CT molecular complexity index is 746. The molecule has 10 nitrogen and oxygen atoms in total. The van der Waals surface area contributed by atoms with Crippen molar-refractivity contribution in [2.75, 3.05) is 32.8 Å². The van der Waals surface area contributed by atoms with Crippen molar-refractivity contribution in [2.24, 2.45) is 10.9 Å². The minimum absolute atomic E-state index is 0.0589. The average Bonchev–Trinajstić information content (AvgIpc) is 2.98. The molecule has 0 N–H and O–H groups in total. The molecule has 154 valence electrons. The number of piperidine rings is 1. The molecule has 2 aliphatic rings. The molecular formula is C18H27N5O5. The molecule has 2 aliphatic heterocycles. The highest BCUT2D eigenvalue weighted by molar-refractivity contribution is 5.72. The zero-order chi connectivity index (χ0) is 20.3. The fourth-order valence-corrected chi connectivity index (χ4v) is 3.66. The van der Waals surface area contributed by atoms with Crippen LogP contribution in [0.3, 0.4) is 0 Å². The number of hydrogen-bond acceptors (Lipinski definition) is 8. The smallest absolute Gasteiger partial charge is 0.414 e. The molecule has 0 aliphatic carbocycles. The van der Waals surface area contributed by atoms with Crippen LogP contribution in [0.2, 0.25) is 0 Å². The zero-order valence-electron chi connectivity index (χ0n) is 16.5. The molecule has 0 aromatic carbocycles. The van der Waals surface area contributed by atoms with Crippen LogP contribution in [0.15, 0.2) is 11.2 Å². The van der Waals surface area contributed by atoms with Gasteiger partial charge >= 0.3 is 17.8 Å². The first-order valence-electron chi connectivity index (χ1n) is 9.51. The number of nitro groups is 1. The van der Waals surface area contributed by atoms with Crippen LogP contribution in [-0.2, 0) is 9.53 Å². The normalized spacial score (nSPS) is 21.3. The Labute approximate surface area is 163 Å². The summed E-state index contributed by atoms with van der Waals surface area (Å²) in [5.41, 5.74) is -0.487. The van der Waals surface area contributed by atoms with Gasteiger partial charge in [-0.05, 0) is 57.5 Å². The number of aromatic nitrogens is 2. The third-order valence-electron chi connectivity index (χ3n) is 4.89. The van der Waals surface area contributed by atoms with Gasteiger partial charge in [0.05, 0.1) is 19.1 Å². The van der Waals surface area contributed by atoms with E-state index < -0.39 is 10.5 Å². The maximum Gasteiger partial charge on any atom is 0.414 e. The molecule has 1 fully saturated rings. The third-order valence-corrected chi connectivity index (χ3v) is 4.89. The van der Waals surface area contributed by atoms with Crippen LogP contribution in [-0.4, -0.2) is 69.9 Å². The molecule has 1 aromatic rings. The van der Waals surface area contributed by atoms with Gasteiger partial charge in [-0.2, -0.15) is 0 Å². The quantitative estimate of drug-likeness (QED) is 0.436. The lowest BCUT2D eigenvalue weighted by Gasteiger charge is -2.36. The highest BCUT2D eigenvalue weighted by Crippen LogP contribution is 2.34. The van der Waals surface area contributed by atoms with E-state index in [-0.39, 0.29) is 42.9 Å². The van der Waals surface area contributed by atoms with E-state index in [2.05, 4.69) is 14.9 Å². The number of aliphatic imine (C=N–C) groups is 1. The Hall–Kier alpha value is -2.49. The summed E-state index contributed by atoms with van der Waals surface area (Å²) in [4.78, 5) is 33.1. The van der Waals surface area contributed by atoms with Crippen LogP contribution in [0.1, 0.15) is 39.7 Å². The Morgan fingerprint density at radius 1 is 1.39 bits per heavy atom. The molecule has 0 amide bonds. The molecule has 3 rings (SSSR count). The van der Waals surface area contributed by atoms with Gasteiger partial charge in [-0.25, -0.2) is 0 Å². The van der Waals surface area contributed by atoms with E-state index >= 15 is 0 Å². The van der Waals surface area contributed by atoms with Crippen LogP contribution in [0, 0.1) is 16.0 Å². The molecule has 1 aromatic heterocycles. The number of imidazole rings is 1. The number of ether oxygens (including phenoxy) is 2. The number of hydrogen-bond donors (Lipinski definition) is 0. The zero-order valence-corrected chi connectivity index (χ0v) is 16.5. The minimum atomic E-state index is -0.511. The van der Waals surface area contributed by atoms with E-state index in [1.54, 1.807) is 10.8 Å². The third kappa shape index (κ3) is 5.06. The molecule has 0 spiro atoms. The van der Waals surface area contributed by atoms with Gasteiger partial charge < -0.3 is 19.6 Å². The molecule has 10 heteroatoms. The molecule has 0 saturated carbocycles. The van der Waals surface area contributed by atoms with Crippen LogP contribution in [0.4, 0.5) is 5.82 Å². The standard InChI is InChI=1S/C18H27N5O5/c1-18(2,3)28-16(24)12-21-7-4-13(5-8-21)14-10-19-6-9-27-17-20-15(23(25)26)11-22(14)17/h6,11,13-14H,4-5,7-10,12H2,1-3H3. The summed E-state index contributed by atoms with van der Waals surface area (Å²) in [6, 6.07) is 0.204. The van der Waals surface area contributed by atoms with Gasteiger partial charge in [0.15, 0.2) is 0 Å².